The normalized spacial score (nSPS) is 16.8. The molecule has 26 heavy (non-hydrogen) atoms. The first-order valence-corrected chi connectivity index (χ1v) is 9.47. The Kier molecular flexibility index (Phi) is 4.71. The topological polar surface area (TPSA) is 68.5 Å². The van der Waals surface area contributed by atoms with Crippen LogP contribution >= 0.6 is 11.3 Å². The molecular formula is C19H19N3O3S. The Hall–Kier alpha value is -2.67. The van der Waals surface area contributed by atoms with E-state index >= 15 is 0 Å². The van der Waals surface area contributed by atoms with Gasteiger partial charge >= 0.3 is 0 Å². The zero-order valence-electron chi connectivity index (χ0n) is 14.4. The molecule has 0 saturated carbocycles. The molecule has 1 amide bonds. The fourth-order valence-electron chi connectivity index (χ4n) is 3.22. The van der Waals surface area contributed by atoms with Gasteiger partial charge in [0.15, 0.2) is 0 Å². The second kappa shape index (κ2) is 7.29. The number of hydrogen-bond acceptors (Lipinski definition) is 6. The Balaban J connectivity index is 1.51. The van der Waals surface area contributed by atoms with E-state index in [1.54, 1.807) is 18.4 Å². The summed E-state index contributed by atoms with van der Waals surface area (Å²) in [5.41, 5.74) is 1.91. The Bertz CT molecular complexity index is 874. The van der Waals surface area contributed by atoms with Gasteiger partial charge in [0, 0.05) is 12.1 Å². The van der Waals surface area contributed by atoms with Gasteiger partial charge in [-0.3, -0.25) is 4.79 Å². The first-order valence-electron chi connectivity index (χ1n) is 8.53. The number of benzene rings is 1. The van der Waals surface area contributed by atoms with Gasteiger partial charge in [0.1, 0.15) is 11.8 Å². The van der Waals surface area contributed by atoms with Crippen molar-refractivity contribution in [2.75, 3.05) is 13.7 Å². The van der Waals surface area contributed by atoms with Crippen molar-refractivity contribution < 1.29 is 14.1 Å². The van der Waals surface area contributed by atoms with E-state index in [2.05, 4.69) is 10.1 Å². The second-order valence-electron chi connectivity index (χ2n) is 6.24. The van der Waals surface area contributed by atoms with Gasteiger partial charge in [0.25, 0.3) is 0 Å². The number of nitrogens with zero attached hydrogens (tertiary/aromatic N) is 3. The van der Waals surface area contributed by atoms with Gasteiger partial charge in [-0.2, -0.15) is 16.3 Å². The molecule has 0 spiro atoms. The molecule has 4 rings (SSSR count). The van der Waals surface area contributed by atoms with Crippen molar-refractivity contribution in [2.24, 2.45) is 0 Å². The molecule has 0 bridgehead atoms. The van der Waals surface area contributed by atoms with Gasteiger partial charge in [-0.05, 0) is 59.5 Å². The third-order valence-corrected chi connectivity index (χ3v) is 5.32. The third kappa shape index (κ3) is 3.35. The first kappa shape index (κ1) is 16.8. The quantitative estimate of drug-likeness (QED) is 0.686. The number of thiophene rings is 1. The van der Waals surface area contributed by atoms with Crippen molar-refractivity contribution in [1.82, 2.24) is 15.0 Å². The summed E-state index contributed by atoms with van der Waals surface area (Å²) in [5.74, 6) is 1.92. The molecule has 1 atom stereocenters. The minimum absolute atomic E-state index is 0.107. The van der Waals surface area contributed by atoms with E-state index < -0.39 is 0 Å². The summed E-state index contributed by atoms with van der Waals surface area (Å²) in [7, 11) is 1.63. The van der Waals surface area contributed by atoms with Gasteiger partial charge in [-0.15, -0.1) is 0 Å². The van der Waals surface area contributed by atoms with Gasteiger partial charge < -0.3 is 14.2 Å². The minimum atomic E-state index is -0.138. The number of hydrogen-bond donors (Lipinski definition) is 0. The molecule has 1 aliphatic rings. The van der Waals surface area contributed by atoms with Crippen molar-refractivity contribution in [2.45, 2.75) is 25.3 Å². The molecule has 0 radical (unpaired) electrons. The summed E-state index contributed by atoms with van der Waals surface area (Å²) in [6.45, 7) is 0.730. The summed E-state index contributed by atoms with van der Waals surface area (Å²) in [6.07, 6.45) is 2.21. The maximum absolute atomic E-state index is 12.7. The number of methoxy groups -OCH3 is 1. The van der Waals surface area contributed by atoms with Gasteiger partial charge in [-0.1, -0.05) is 5.16 Å². The monoisotopic (exact) mass is 369 g/mol. The zero-order chi connectivity index (χ0) is 17.9. The average molecular weight is 369 g/mol. The number of carbonyl (C=O) groups excluding carboxylic acids is 1. The van der Waals surface area contributed by atoms with Crippen LogP contribution in [-0.2, 0) is 11.2 Å². The Morgan fingerprint density at radius 2 is 2.19 bits per heavy atom. The lowest BCUT2D eigenvalue weighted by Crippen LogP contribution is -2.31. The highest BCUT2D eigenvalue weighted by molar-refractivity contribution is 7.08. The number of rotatable bonds is 5. The summed E-state index contributed by atoms with van der Waals surface area (Å²) in [6, 6.07) is 9.35. The van der Waals surface area contributed by atoms with Crippen LogP contribution < -0.4 is 4.74 Å². The van der Waals surface area contributed by atoms with Crippen LogP contribution in [0.5, 0.6) is 5.75 Å². The molecule has 0 N–H and O–H groups in total. The Morgan fingerprint density at radius 1 is 1.35 bits per heavy atom. The van der Waals surface area contributed by atoms with Gasteiger partial charge in [0.05, 0.1) is 13.5 Å². The highest BCUT2D eigenvalue weighted by Crippen LogP contribution is 2.32. The lowest BCUT2D eigenvalue weighted by molar-refractivity contribution is -0.131. The van der Waals surface area contributed by atoms with E-state index in [0.717, 1.165) is 36.3 Å². The summed E-state index contributed by atoms with van der Waals surface area (Å²) in [5, 5.41) is 8.09. The van der Waals surface area contributed by atoms with Crippen molar-refractivity contribution in [1.29, 1.82) is 0 Å². The van der Waals surface area contributed by atoms with E-state index in [9.17, 15) is 4.79 Å². The molecule has 0 unspecified atom stereocenters. The third-order valence-electron chi connectivity index (χ3n) is 4.58. The average Bonchev–Trinajstić information content (AvgIpc) is 3.41. The van der Waals surface area contributed by atoms with E-state index in [1.165, 1.54) is 0 Å². The molecule has 1 aromatic carbocycles. The van der Waals surface area contributed by atoms with Crippen LogP contribution in [0, 0.1) is 0 Å². The van der Waals surface area contributed by atoms with Crippen LogP contribution in [0.15, 0.2) is 45.6 Å². The summed E-state index contributed by atoms with van der Waals surface area (Å²) < 4.78 is 10.7. The Labute approximate surface area is 155 Å². The van der Waals surface area contributed by atoms with Crippen LogP contribution in [0.1, 0.15) is 30.3 Å². The molecular weight excluding hydrogens is 350 g/mol. The standard InChI is InChI=1S/C19H19N3O3S/c1-24-15-6-4-14(5-7-15)18-20-19(25-21-18)16-3-2-9-22(16)17(23)11-13-8-10-26-12-13/h4-8,10,12,16H,2-3,9,11H2,1H3/t16-/m1/s1. The molecule has 3 aromatic rings. The second-order valence-corrected chi connectivity index (χ2v) is 7.02. The molecule has 7 heteroatoms. The number of amides is 1. The first-order chi connectivity index (χ1) is 12.7. The summed E-state index contributed by atoms with van der Waals surface area (Å²) >= 11 is 1.60. The highest BCUT2D eigenvalue weighted by Gasteiger charge is 2.34. The number of ether oxygens (including phenoxy) is 1. The molecule has 1 aliphatic heterocycles. The molecule has 1 fully saturated rings. The van der Waals surface area contributed by atoms with Crippen molar-refractivity contribution >= 4 is 17.2 Å². The summed E-state index contributed by atoms with van der Waals surface area (Å²) in [4.78, 5) is 19.1. The maximum atomic E-state index is 12.7. The van der Waals surface area contributed by atoms with Gasteiger partial charge in [-0.25, -0.2) is 0 Å². The Morgan fingerprint density at radius 3 is 2.92 bits per heavy atom. The van der Waals surface area contributed by atoms with Crippen molar-refractivity contribution in [3.05, 3.63) is 52.5 Å². The minimum Gasteiger partial charge on any atom is -0.497 e. The van der Waals surface area contributed by atoms with Crippen molar-refractivity contribution in [3.63, 3.8) is 0 Å². The van der Waals surface area contributed by atoms with Crippen LogP contribution in [0.3, 0.4) is 0 Å². The largest absolute Gasteiger partial charge is 0.497 e. The van der Waals surface area contributed by atoms with Gasteiger partial charge in [0.2, 0.25) is 17.6 Å². The molecule has 0 aliphatic carbocycles. The fraction of sp³-hybridized carbons (Fsp3) is 0.316. The van der Waals surface area contributed by atoms with E-state index in [-0.39, 0.29) is 11.9 Å². The number of likely N-dealkylation sites (tertiary alicyclic amines) is 1. The van der Waals surface area contributed by atoms with Crippen LogP contribution in [0.25, 0.3) is 11.4 Å². The number of aromatic nitrogens is 2. The molecule has 1 saturated heterocycles. The van der Waals surface area contributed by atoms with E-state index in [4.69, 9.17) is 9.26 Å². The molecule has 6 nitrogen and oxygen atoms in total. The fourth-order valence-corrected chi connectivity index (χ4v) is 3.89. The van der Waals surface area contributed by atoms with Crippen LogP contribution in [-0.4, -0.2) is 34.6 Å². The predicted molar refractivity (Wildman–Crippen MR) is 98.0 cm³/mol. The number of carbonyl (C=O) groups is 1. The maximum Gasteiger partial charge on any atom is 0.249 e. The predicted octanol–water partition coefficient (Wildman–Crippen LogP) is 3.71. The van der Waals surface area contributed by atoms with E-state index in [0.29, 0.717) is 18.1 Å². The molecule has 3 heterocycles. The van der Waals surface area contributed by atoms with Crippen LogP contribution in [0.4, 0.5) is 0 Å². The van der Waals surface area contributed by atoms with Crippen molar-refractivity contribution in [3.8, 4) is 17.1 Å². The lowest BCUT2D eigenvalue weighted by Gasteiger charge is -2.21. The lowest BCUT2D eigenvalue weighted by atomic mass is 10.2. The smallest absolute Gasteiger partial charge is 0.249 e. The van der Waals surface area contributed by atoms with E-state index in [1.807, 2.05) is 46.0 Å². The zero-order valence-corrected chi connectivity index (χ0v) is 15.2. The molecule has 2 aromatic heterocycles. The SMILES string of the molecule is COc1ccc(-c2noc([C@H]3CCCN3C(=O)Cc3ccsc3)n2)cc1. The molecule has 134 valence electrons. The highest BCUT2D eigenvalue weighted by atomic mass is 32.1. The van der Waals surface area contributed by atoms with Crippen LogP contribution in [0.2, 0.25) is 0 Å².